The van der Waals surface area contributed by atoms with Crippen molar-refractivity contribution in [3.8, 4) is 0 Å². The van der Waals surface area contributed by atoms with E-state index >= 15 is 0 Å². The summed E-state index contributed by atoms with van der Waals surface area (Å²) in [6.45, 7) is 6.89. The molecule has 1 aromatic carbocycles. The summed E-state index contributed by atoms with van der Waals surface area (Å²) in [6.07, 6.45) is 0.585. The first-order valence-electron chi connectivity index (χ1n) is 8.12. The number of anilines is 2. The lowest BCUT2D eigenvalue weighted by Crippen LogP contribution is -2.52. The van der Waals surface area contributed by atoms with Gasteiger partial charge >= 0.3 is 6.09 Å². The number of hydrogen-bond donors (Lipinski definition) is 2. The Kier molecular flexibility index (Phi) is 4.51. The number of benzene rings is 1. The monoisotopic (exact) mass is 371 g/mol. The van der Waals surface area contributed by atoms with E-state index in [0.717, 1.165) is 17.8 Å². The number of carbonyl (C=O) groups is 1. The number of fused-ring (bicyclic) bond motifs is 1. The minimum Gasteiger partial charge on any atom is -0.444 e. The second kappa shape index (κ2) is 6.19. The number of hydrogen-bond acceptors (Lipinski definition) is 4. The van der Waals surface area contributed by atoms with E-state index in [1.54, 1.807) is 4.90 Å². The quantitative estimate of drug-likeness (QED) is 0.757. The van der Waals surface area contributed by atoms with Crippen molar-refractivity contribution >= 4 is 40.7 Å². The van der Waals surface area contributed by atoms with Crippen LogP contribution in [0.1, 0.15) is 27.2 Å². The Morgan fingerprint density at radius 1 is 1.38 bits per heavy atom. The maximum Gasteiger partial charge on any atom is 0.410 e. The average Bonchev–Trinajstić information content (AvgIpc) is 3.10. The van der Waals surface area contributed by atoms with Gasteiger partial charge in [0.15, 0.2) is 0 Å². The number of halogens is 2. The molecule has 0 aliphatic carbocycles. The SMILES string of the molecule is CC(C)(C)OC(=O)N1CCC(C2(CCl)Nc3ccc(Cl)cc3N2)C1. The van der Waals surface area contributed by atoms with Gasteiger partial charge < -0.3 is 20.3 Å². The molecule has 24 heavy (non-hydrogen) atoms. The Morgan fingerprint density at radius 2 is 2.08 bits per heavy atom. The highest BCUT2D eigenvalue weighted by Crippen LogP contribution is 2.42. The highest BCUT2D eigenvalue weighted by atomic mass is 35.5. The molecule has 1 aromatic rings. The lowest BCUT2D eigenvalue weighted by atomic mass is 9.93. The third kappa shape index (κ3) is 3.38. The van der Waals surface area contributed by atoms with Gasteiger partial charge in [0.2, 0.25) is 0 Å². The van der Waals surface area contributed by atoms with E-state index in [2.05, 4.69) is 10.6 Å². The van der Waals surface area contributed by atoms with Gasteiger partial charge in [-0.15, -0.1) is 11.6 Å². The summed E-state index contributed by atoms with van der Waals surface area (Å²) >= 11 is 12.4. The molecule has 2 heterocycles. The molecule has 1 amide bonds. The Hall–Kier alpha value is -1.33. The first kappa shape index (κ1) is 17.5. The predicted octanol–water partition coefficient (Wildman–Crippen LogP) is 4.37. The number of rotatable bonds is 2. The normalized spacial score (nSPS) is 25.9. The van der Waals surface area contributed by atoms with Crippen LogP contribution in [0.3, 0.4) is 0 Å². The van der Waals surface area contributed by atoms with Crippen LogP contribution >= 0.6 is 23.2 Å². The summed E-state index contributed by atoms with van der Waals surface area (Å²) in [4.78, 5) is 14.0. The minimum absolute atomic E-state index is 0.175. The van der Waals surface area contributed by atoms with Gasteiger partial charge in [-0.1, -0.05) is 11.6 Å². The van der Waals surface area contributed by atoms with Gasteiger partial charge in [0, 0.05) is 24.0 Å². The van der Waals surface area contributed by atoms with Gasteiger partial charge in [-0.2, -0.15) is 0 Å². The summed E-state index contributed by atoms with van der Waals surface area (Å²) < 4.78 is 5.47. The third-order valence-corrected chi connectivity index (χ3v) is 5.10. The lowest BCUT2D eigenvalue weighted by Gasteiger charge is -2.35. The van der Waals surface area contributed by atoms with Gasteiger partial charge in [0.05, 0.1) is 17.3 Å². The molecule has 3 rings (SSSR count). The molecule has 0 saturated carbocycles. The van der Waals surface area contributed by atoms with Crippen molar-refractivity contribution in [1.82, 2.24) is 4.90 Å². The highest BCUT2D eigenvalue weighted by molar-refractivity contribution is 6.31. The van der Waals surface area contributed by atoms with Crippen LogP contribution in [0.25, 0.3) is 0 Å². The summed E-state index contributed by atoms with van der Waals surface area (Å²) in [5, 5.41) is 7.65. The fourth-order valence-corrected chi connectivity index (χ4v) is 3.80. The fourth-order valence-electron chi connectivity index (χ4n) is 3.28. The van der Waals surface area contributed by atoms with Crippen molar-refractivity contribution in [2.24, 2.45) is 5.92 Å². The lowest BCUT2D eigenvalue weighted by molar-refractivity contribution is 0.0285. The van der Waals surface area contributed by atoms with Crippen molar-refractivity contribution in [2.75, 3.05) is 29.6 Å². The van der Waals surface area contributed by atoms with Gasteiger partial charge in [-0.3, -0.25) is 0 Å². The number of nitrogens with zero attached hydrogens (tertiary/aromatic N) is 1. The first-order valence-corrected chi connectivity index (χ1v) is 9.03. The van der Waals surface area contributed by atoms with Gasteiger partial charge in [0.1, 0.15) is 11.3 Å². The van der Waals surface area contributed by atoms with E-state index < -0.39 is 11.3 Å². The average molecular weight is 372 g/mol. The van der Waals surface area contributed by atoms with Crippen molar-refractivity contribution in [1.29, 1.82) is 0 Å². The molecule has 1 fully saturated rings. The first-order chi connectivity index (χ1) is 11.2. The molecule has 2 aliphatic rings. The Balaban J connectivity index is 1.72. The van der Waals surface area contributed by atoms with Crippen molar-refractivity contribution < 1.29 is 9.53 Å². The van der Waals surface area contributed by atoms with E-state index in [-0.39, 0.29) is 12.0 Å². The number of alkyl halides is 1. The second-order valence-electron chi connectivity index (χ2n) is 7.46. The second-order valence-corrected chi connectivity index (χ2v) is 8.16. The van der Waals surface area contributed by atoms with E-state index in [1.165, 1.54) is 0 Å². The number of ether oxygens (including phenoxy) is 1. The van der Waals surface area contributed by atoms with Crippen LogP contribution in [0.15, 0.2) is 18.2 Å². The molecule has 2 unspecified atom stereocenters. The number of carbonyl (C=O) groups excluding carboxylic acids is 1. The zero-order valence-electron chi connectivity index (χ0n) is 14.2. The molecule has 0 bridgehead atoms. The summed E-state index contributed by atoms with van der Waals surface area (Å²) in [7, 11) is 0. The van der Waals surface area contributed by atoms with Crippen LogP contribution in [0.4, 0.5) is 16.2 Å². The molecule has 0 aromatic heterocycles. The molecule has 7 heteroatoms. The maximum atomic E-state index is 12.3. The van der Waals surface area contributed by atoms with Crippen molar-refractivity contribution in [2.45, 2.75) is 38.5 Å². The van der Waals surface area contributed by atoms with Crippen LogP contribution in [-0.2, 0) is 4.74 Å². The molecule has 1 saturated heterocycles. The molecular formula is C17H23Cl2N3O2. The largest absolute Gasteiger partial charge is 0.444 e. The summed E-state index contributed by atoms with van der Waals surface area (Å²) in [5.74, 6) is 0.556. The van der Waals surface area contributed by atoms with Crippen LogP contribution in [0.5, 0.6) is 0 Å². The molecule has 5 nitrogen and oxygen atoms in total. The Morgan fingerprint density at radius 3 is 2.75 bits per heavy atom. The predicted molar refractivity (Wildman–Crippen MR) is 98.1 cm³/mol. The standard InChI is InChI=1S/C17H23Cl2N3O2/c1-16(2,3)24-15(23)22-7-6-11(9-22)17(10-18)20-13-5-4-12(19)8-14(13)21-17/h4-5,8,11,20-21H,6-7,9-10H2,1-3H3. The van der Waals surface area contributed by atoms with Gasteiger partial charge in [-0.05, 0) is 45.4 Å². The highest BCUT2D eigenvalue weighted by Gasteiger charge is 2.46. The van der Waals surface area contributed by atoms with E-state index in [4.69, 9.17) is 27.9 Å². The number of nitrogens with one attached hydrogen (secondary N) is 2. The van der Waals surface area contributed by atoms with Gasteiger partial charge in [0.25, 0.3) is 0 Å². The van der Waals surface area contributed by atoms with Crippen LogP contribution in [0.2, 0.25) is 5.02 Å². The van der Waals surface area contributed by atoms with Crippen LogP contribution in [-0.4, -0.2) is 41.2 Å². The Labute approximate surface area is 152 Å². The molecule has 0 radical (unpaired) electrons. The van der Waals surface area contributed by atoms with E-state index in [0.29, 0.717) is 24.0 Å². The van der Waals surface area contributed by atoms with Crippen LogP contribution < -0.4 is 10.6 Å². The topological polar surface area (TPSA) is 53.6 Å². The molecule has 132 valence electrons. The van der Waals surface area contributed by atoms with Crippen LogP contribution in [0, 0.1) is 5.92 Å². The number of amides is 1. The summed E-state index contributed by atoms with van der Waals surface area (Å²) in [6, 6.07) is 5.68. The minimum atomic E-state index is -0.490. The maximum absolute atomic E-state index is 12.3. The molecule has 2 N–H and O–H groups in total. The smallest absolute Gasteiger partial charge is 0.410 e. The molecule has 2 atom stereocenters. The van der Waals surface area contributed by atoms with Gasteiger partial charge in [-0.25, -0.2) is 4.79 Å². The molecular weight excluding hydrogens is 349 g/mol. The van der Waals surface area contributed by atoms with Crippen molar-refractivity contribution in [3.05, 3.63) is 23.2 Å². The molecule has 0 spiro atoms. The fraction of sp³-hybridized carbons (Fsp3) is 0.588. The van der Waals surface area contributed by atoms with E-state index in [9.17, 15) is 4.79 Å². The Bertz CT molecular complexity index is 647. The van der Waals surface area contributed by atoms with E-state index in [1.807, 2.05) is 39.0 Å². The van der Waals surface area contributed by atoms with Crippen molar-refractivity contribution in [3.63, 3.8) is 0 Å². The molecule has 2 aliphatic heterocycles. The summed E-state index contributed by atoms with van der Waals surface area (Å²) in [5.41, 5.74) is 0.955. The zero-order chi connectivity index (χ0) is 17.5. The third-order valence-electron chi connectivity index (χ3n) is 4.44. The zero-order valence-corrected chi connectivity index (χ0v) is 15.7. The number of likely N-dealkylation sites (tertiary alicyclic amines) is 1.